The molecule has 34 heavy (non-hydrogen) atoms. The second-order valence-electron chi connectivity index (χ2n) is 8.84. The first-order valence-corrected chi connectivity index (χ1v) is 11.6. The van der Waals surface area contributed by atoms with Gasteiger partial charge in [-0.1, -0.05) is 30.3 Å². The number of benzene rings is 3. The third kappa shape index (κ3) is 4.57. The van der Waals surface area contributed by atoms with Gasteiger partial charge in [0.15, 0.2) is 5.69 Å². The molecule has 0 spiro atoms. The number of nitrogens with zero attached hydrogens (tertiary/aromatic N) is 4. The third-order valence-corrected chi connectivity index (χ3v) is 6.53. The molecule has 1 N–H and O–H groups in total. The van der Waals surface area contributed by atoms with Gasteiger partial charge in [0.1, 0.15) is 0 Å². The molecule has 2 heterocycles. The van der Waals surface area contributed by atoms with Crippen molar-refractivity contribution < 1.29 is 4.79 Å². The average molecular weight is 450 g/mol. The summed E-state index contributed by atoms with van der Waals surface area (Å²) in [5, 5.41) is 6.70. The van der Waals surface area contributed by atoms with Crippen molar-refractivity contribution in [2.45, 2.75) is 6.42 Å². The van der Waals surface area contributed by atoms with E-state index in [0.717, 1.165) is 72.1 Å². The predicted molar refractivity (Wildman–Crippen MR) is 138 cm³/mol. The number of carbonyl (C=O) groups excluding carboxylic acids is 1. The molecular formula is C28H27N5O. The van der Waals surface area contributed by atoms with Gasteiger partial charge in [-0.15, -0.1) is 0 Å². The van der Waals surface area contributed by atoms with Crippen LogP contribution in [0.5, 0.6) is 0 Å². The SMILES string of the molecule is [C-]#[N+]c1ccc2nccc(NCCc3ccc4cc(C(=O)N5CCN(C)CC5)ccc4c3)c2c1. The second-order valence-corrected chi connectivity index (χ2v) is 8.84. The van der Waals surface area contributed by atoms with Crippen LogP contribution in [-0.2, 0) is 6.42 Å². The molecule has 1 aliphatic rings. The molecule has 1 aliphatic heterocycles. The van der Waals surface area contributed by atoms with Gasteiger partial charge >= 0.3 is 0 Å². The Bertz CT molecular complexity index is 1400. The topological polar surface area (TPSA) is 52.8 Å². The minimum absolute atomic E-state index is 0.120. The van der Waals surface area contributed by atoms with Crippen molar-refractivity contribution in [1.29, 1.82) is 0 Å². The highest BCUT2D eigenvalue weighted by molar-refractivity contribution is 5.99. The van der Waals surface area contributed by atoms with Crippen LogP contribution in [0.4, 0.5) is 11.4 Å². The molecule has 0 unspecified atom stereocenters. The molecule has 6 heteroatoms. The second kappa shape index (κ2) is 9.50. The number of fused-ring (bicyclic) bond motifs is 2. The van der Waals surface area contributed by atoms with Crippen LogP contribution in [0.25, 0.3) is 26.5 Å². The fourth-order valence-electron chi connectivity index (χ4n) is 4.48. The standard InChI is InChI=1S/C28H27N5O/c1-29-24-7-8-26-25(19-24)27(10-12-31-26)30-11-9-20-3-4-22-18-23(6-5-21(22)17-20)28(34)33-15-13-32(2)14-16-33/h3-8,10,12,17-19H,9,11,13-16H2,2H3,(H,30,31). The van der Waals surface area contributed by atoms with Crippen LogP contribution in [-0.4, -0.2) is 60.5 Å². The van der Waals surface area contributed by atoms with Crippen molar-refractivity contribution in [2.24, 2.45) is 0 Å². The van der Waals surface area contributed by atoms with Crippen LogP contribution in [0.1, 0.15) is 15.9 Å². The first-order chi connectivity index (χ1) is 16.6. The molecule has 1 aromatic heterocycles. The van der Waals surface area contributed by atoms with Crippen molar-refractivity contribution in [1.82, 2.24) is 14.8 Å². The lowest BCUT2D eigenvalue weighted by Crippen LogP contribution is -2.47. The molecule has 6 nitrogen and oxygen atoms in total. The maximum absolute atomic E-state index is 12.9. The summed E-state index contributed by atoms with van der Waals surface area (Å²) in [4.78, 5) is 25.0. The average Bonchev–Trinajstić information content (AvgIpc) is 2.88. The Morgan fingerprint density at radius 1 is 1.00 bits per heavy atom. The van der Waals surface area contributed by atoms with Crippen molar-refractivity contribution in [2.75, 3.05) is 45.1 Å². The Labute approximate surface area is 199 Å². The molecule has 0 atom stereocenters. The molecule has 1 fully saturated rings. The first kappa shape index (κ1) is 21.9. The van der Waals surface area contributed by atoms with Crippen molar-refractivity contribution in [3.05, 3.63) is 89.4 Å². The fourth-order valence-corrected chi connectivity index (χ4v) is 4.48. The smallest absolute Gasteiger partial charge is 0.253 e. The van der Waals surface area contributed by atoms with E-state index in [1.165, 1.54) is 5.56 Å². The maximum Gasteiger partial charge on any atom is 0.253 e. The number of carbonyl (C=O) groups is 1. The number of nitrogens with one attached hydrogen (secondary N) is 1. The van der Waals surface area contributed by atoms with Gasteiger partial charge in [0, 0.05) is 55.6 Å². The number of aromatic nitrogens is 1. The Balaban J connectivity index is 1.26. The molecule has 0 saturated carbocycles. The van der Waals surface area contributed by atoms with Gasteiger partial charge in [-0.2, -0.15) is 0 Å². The number of pyridine rings is 1. The van der Waals surface area contributed by atoms with E-state index in [-0.39, 0.29) is 5.91 Å². The molecule has 1 saturated heterocycles. The van der Waals surface area contributed by atoms with Gasteiger partial charge in [-0.3, -0.25) is 9.78 Å². The molecule has 0 bridgehead atoms. The number of hydrogen-bond acceptors (Lipinski definition) is 4. The zero-order chi connectivity index (χ0) is 23.5. The zero-order valence-electron chi connectivity index (χ0n) is 19.3. The monoisotopic (exact) mass is 449 g/mol. The quantitative estimate of drug-likeness (QED) is 0.437. The molecule has 1 amide bonds. The van der Waals surface area contributed by atoms with Gasteiger partial charge in [0.2, 0.25) is 0 Å². The molecule has 3 aromatic carbocycles. The highest BCUT2D eigenvalue weighted by Gasteiger charge is 2.20. The highest BCUT2D eigenvalue weighted by Crippen LogP contribution is 2.26. The lowest BCUT2D eigenvalue weighted by atomic mass is 10.0. The molecule has 5 rings (SSSR count). The van der Waals surface area contributed by atoms with Gasteiger partial charge in [0.05, 0.1) is 12.1 Å². The number of hydrogen-bond donors (Lipinski definition) is 1. The first-order valence-electron chi connectivity index (χ1n) is 11.6. The van der Waals surface area contributed by atoms with Gasteiger partial charge in [-0.05, 0) is 60.1 Å². The van der Waals surface area contributed by atoms with Crippen LogP contribution < -0.4 is 5.32 Å². The Hall–Kier alpha value is -3.95. The van der Waals surface area contributed by atoms with Crippen LogP contribution >= 0.6 is 0 Å². The lowest BCUT2D eigenvalue weighted by Gasteiger charge is -2.32. The van der Waals surface area contributed by atoms with Crippen LogP contribution in [0, 0.1) is 6.57 Å². The van der Waals surface area contributed by atoms with Crippen molar-refractivity contribution >= 4 is 39.0 Å². The number of likely N-dealkylation sites (N-methyl/N-ethyl adjacent to an activating group) is 1. The molecule has 4 aromatic rings. The molecule has 0 aliphatic carbocycles. The van der Waals surface area contributed by atoms with E-state index in [0.29, 0.717) is 5.69 Å². The number of anilines is 1. The minimum Gasteiger partial charge on any atom is -0.384 e. The summed E-state index contributed by atoms with van der Waals surface area (Å²) < 4.78 is 0. The zero-order valence-corrected chi connectivity index (χ0v) is 19.3. The number of amides is 1. The summed E-state index contributed by atoms with van der Waals surface area (Å²) in [6, 6.07) is 20.0. The van der Waals surface area contributed by atoms with E-state index in [1.807, 2.05) is 35.2 Å². The van der Waals surface area contributed by atoms with E-state index < -0.39 is 0 Å². The Kier molecular flexibility index (Phi) is 6.11. The maximum atomic E-state index is 12.9. The summed E-state index contributed by atoms with van der Waals surface area (Å²) >= 11 is 0. The van der Waals surface area contributed by atoms with E-state index >= 15 is 0 Å². The van der Waals surface area contributed by atoms with E-state index in [1.54, 1.807) is 12.3 Å². The number of rotatable bonds is 5. The summed E-state index contributed by atoms with van der Waals surface area (Å²) in [7, 11) is 2.09. The molecule has 0 radical (unpaired) electrons. The fraction of sp³-hybridized carbons (Fsp3) is 0.250. The van der Waals surface area contributed by atoms with Gasteiger partial charge < -0.3 is 15.1 Å². The largest absolute Gasteiger partial charge is 0.384 e. The van der Waals surface area contributed by atoms with Crippen molar-refractivity contribution in [3.63, 3.8) is 0 Å². The predicted octanol–water partition coefficient (Wildman–Crippen LogP) is 4.98. The summed E-state index contributed by atoms with van der Waals surface area (Å²) in [5.74, 6) is 0.120. The van der Waals surface area contributed by atoms with Crippen LogP contribution in [0.2, 0.25) is 0 Å². The summed E-state index contributed by atoms with van der Waals surface area (Å²) in [5.41, 5.74) is 4.48. The highest BCUT2D eigenvalue weighted by atomic mass is 16.2. The van der Waals surface area contributed by atoms with E-state index in [2.05, 4.69) is 51.4 Å². The summed E-state index contributed by atoms with van der Waals surface area (Å²) in [6.45, 7) is 11.4. The lowest BCUT2D eigenvalue weighted by molar-refractivity contribution is 0.0664. The normalized spacial score (nSPS) is 14.3. The minimum atomic E-state index is 0.120. The van der Waals surface area contributed by atoms with E-state index in [9.17, 15) is 4.79 Å². The van der Waals surface area contributed by atoms with Crippen LogP contribution in [0.3, 0.4) is 0 Å². The molecule has 170 valence electrons. The van der Waals surface area contributed by atoms with Crippen molar-refractivity contribution in [3.8, 4) is 0 Å². The number of piperazine rings is 1. The Morgan fingerprint density at radius 3 is 2.62 bits per heavy atom. The third-order valence-electron chi connectivity index (χ3n) is 6.53. The van der Waals surface area contributed by atoms with Gasteiger partial charge in [0.25, 0.3) is 5.91 Å². The van der Waals surface area contributed by atoms with Crippen LogP contribution in [0.15, 0.2) is 66.9 Å². The summed E-state index contributed by atoms with van der Waals surface area (Å²) in [6.07, 6.45) is 2.66. The van der Waals surface area contributed by atoms with E-state index in [4.69, 9.17) is 6.57 Å². The van der Waals surface area contributed by atoms with Gasteiger partial charge in [-0.25, -0.2) is 4.85 Å². The molecular weight excluding hydrogens is 422 g/mol. The Morgan fingerprint density at radius 2 is 1.79 bits per heavy atom.